The predicted molar refractivity (Wildman–Crippen MR) is 77.4 cm³/mol. The number of fused-ring (bicyclic) bond motifs is 1. The number of thiophene rings is 1. The third kappa shape index (κ3) is 4.05. The van der Waals surface area contributed by atoms with Gasteiger partial charge in [-0.3, -0.25) is 0 Å². The van der Waals surface area contributed by atoms with Gasteiger partial charge >= 0.3 is 0 Å². The molecular weight excluding hydrogens is 244 g/mol. The second kappa shape index (κ2) is 7.24. The number of ether oxygens (including phenoxy) is 1. The van der Waals surface area contributed by atoms with Crippen LogP contribution in [0.2, 0.25) is 0 Å². The Labute approximate surface area is 114 Å². The molecule has 4 heteroatoms. The monoisotopic (exact) mass is 268 g/mol. The lowest BCUT2D eigenvalue weighted by atomic mass is 10.2. The van der Waals surface area contributed by atoms with Crippen molar-refractivity contribution in [2.45, 2.75) is 38.8 Å². The first-order valence-electron chi connectivity index (χ1n) is 6.83. The highest BCUT2D eigenvalue weighted by molar-refractivity contribution is 7.12. The van der Waals surface area contributed by atoms with Crippen LogP contribution in [0, 0.1) is 0 Å². The van der Waals surface area contributed by atoms with Crippen LogP contribution in [0.3, 0.4) is 0 Å². The summed E-state index contributed by atoms with van der Waals surface area (Å²) >= 11 is 1.99. The molecule has 1 unspecified atom stereocenters. The maximum absolute atomic E-state index is 5.01. The average molecular weight is 268 g/mol. The van der Waals surface area contributed by atoms with E-state index in [9.17, 15) is 0 Å². The molecule has 0 amide bonds. The van der Waals surface area contributed by atoms with Gasteiger partial charge in [0.2, 0.25) is 0 Å². The van der Waals surface area contributed by atoms with E-state index in [0.717, 1.165) is 26.2 Å². The largest absolute Gasteiger partial charge is 0.383 e. The minimum atomic E-state index is 0.499. The highest BCUT2D eigenvalue weighted by Gasteiger charge is 2.14. The van der Waals surface area contributed by atoms with Crippen molar-refractivity contribution in [3.8, 4) is 0 Å². The van der Waals surface area contributed by atoms with Crippen molar-refractivity contribution < 1.29 is 4.74 Å². The number of methoxy groups -OCH3 is 1. The molecule has 0 aliphatic heterocycles. The zero-order valence-corrected chi connectivity index (χ0v) is 12.2. The highest BCUT2D eigenvalue weighted by Crippen LogP contribution is 2.30. The Kier molecular flexibility index (Phi) is 5.63. The van der Waals surface area contributed by atoms with E-state index in [4.69, 9.17) is 4.74 Å². The molecule has 1 heterocycles. The van der Waals surface area contributed by atoms with Crippen LogP contribution < -0.4 is 10.6 Å². The van der Waals surface area contributed by atoms with Crippen molar-refractivity contribution in [3.63, 3.8) is 0 Å². The van der Waals surface area contributed by atoms with Gasteiger partial charge in [0.1, 0.15) is 0 Å². The van der Waals surface area contributed by atoms with Crippen molar-refractivity contribution in [2.24, 2.45) is 0 Å². The molecule has 0 fully saturated rings. The van der Waals surface area contributed by atoms with Crippen LogP contribution in [0.4, 0.5) is 0 Å². The van der Waals surface area contributed by atoms with Crippen molar-refractivity contribution >= 4 is 11.3 Å². The van der Waals surface area contributed by atoms with Gasteiger partial charge in [-0.05, 0) is 37.8 Å². The first-order valence-corrected chi connectivity index (χ1v) is 7.64. The smallest absolute Gasteiger partial charge is 0.0587 e. The summed E-state index contributed by atoms with van der Waals surface area (Å²) in [6.07, 6.45) is 3.95. The Morgan fingerprint density at radius 1 is 1.44 bits per heavy atom. The van der Waals surface area contributed by atoms with Crippen LogP contribution in [0.15, 0.2) is 6.07 Å². The van der Waals surface area contributed by atoms with E-state index in [-0.39, 0.29) is 0 Å². The second-order valence-electron chi connectivity index (χ2n) is 4.99. The summed E-state index contributed by atoms with van der Waals surface area (Å²) in [4.78, 5) is 3.11. The van der Waals surface area contributed by atoms with Crippen LogP contribution in [-0.4, -0.2) is 32.8 Å². The van der Waals surface area contributed by atoms with Gasteiger partial charge in [0.25, 0.3) is 0 Å². The summed E-state index contributed by atoms with van der Waals surface area (Å²) in [5.41, 5.74) is 1.60. The molecule has 1 aromatic heterocycles. The molecule has 1 aliphatic rings. The van der Waals surface area contributed by atoms with Crippen LogP contribution in [0.5, 0.6) is 0 Å². The minimum absolute atomic E-state index is 0.499. The molecule has 1 atom stereocenters. The van der Waals surface area contributed by atoms with Crippen molar-refractivity contribution in [1.29, 1.82) is 0 Å². The lowest BCUT2D eigenvalue weighted by molar-refractivity contribution is 0.198. The maximum Gasteiger partial charge on any atom is 0.0587 e. The number of nitrogens with one attached hydrogen (secondary N) is 2. The number of rotatable bonds is 8. The molecule has 18 heavy (non-hydrogen) atoms. The van der Waals surface area contributed by atoms with Crippen LogP contribution in [0.1, 0.15) is 28.7 Å². The third-order valence-corrected chi connectivity index (χ3v) is 4.59. The molecular formula is C14H24N2OS. The number of hydrogen-bond acceptors (Lipinski definition) is 4. The Balaban J connectivity index is 1.64. The average Bonchev–Trinajstić information content (AvgIpc) is 2.92. The van der Waals surface area contributed by atoms with Crippen molar-refractivity contribution in [1.82, 2.24) is 10.6 Å². The topological polar surface area (TPSA) is 33.3 Å². The maximum atomic E-state index is 5.01. The molecule has 0 saturated heterocycles. The third-order valence-electron chi connectivity index (χ3n) is 3.36. The van der Waals surface area contributed by atoms with Gasteiger partial charge in [-0.1, -0.05) is 0 Å². The van der Waals surface area contributed by atoms with Gasteiger partial charge in [-0.25, -0.2) is 0 Å². The van der Waals surface area contributed by atoms with Crippen LogP contribution in [-0.2, 0) is 24.1 Å². The number of aryl methyl sites for hydroxylation is 2. The summed E-state index contributed by atoms with van der Waals surface area (Å²) in [5, 5.41) is 6.95. The Hall–Kier alpha value is -0.420. The molecule has 3 nitrogen and oxygen atoms in total. The zero-order chi connectivity index (χ0) is 12.8. The standard InChI is InChI=1S/C14H24N2OS/c1-11(9-15-6-7-17-2)16-10-13-8-12-4-3-5-14(12)18-13/h8,11,15-16H,3-7,9-10H2,1-2H3. The summed E-state index contributed by atoms with van der Waals surface area (Å²) in [5.74, 6) is 0. The minimum Gasteiger partial charge on any atom is -0.383 e. The van der Waals surface area contributed by atoms with Gasteiger partial charge in [0.15, 0.2) is 0 Å². The molecule has 2 rings (SSSR count). The highest BCUT2D eigenvalue weighted by atomic mass is 32.1. The van der Waals surface area contributed by atoms with Crippen molar-refractivity contribution in [3.05, 3.63) is 21.4 Å². The van der Waals surface area contributed by atoms with E-state index in [0.29, 0.717) is 6.04 Å². The predicted octanol–water partition coefficient (Wildman–Crippen LogP) is 1.95. The summed E-state index contributed by atoms with van der Waals surface area (Å²) in [7, 11) is 1.74. The summed E-state index contributed by atoms with van der Waals surface area (Å²) < 4.78 is 5.01. The molecule has 0 bridgehead atoms. The van der Waals surface area contributed by atoms with Crippen molar-refractivity contribution in [2.75, 3.05) is 26.8 Å². The fraction of sp³-hybridized carbons (Fsp3) is 0.714. The molecule has 1 aliphatic carbocycles. The van der Waals surface area contributed by atoms with Gasteiger partial charge in [-0.15, -0.1) is 11.3 Å². The molecule has 2 N–H and O–H groups in total. The van der Waals surface area contributed by atoms with E-state index < -0.39 is 0 Å². The quantitative estimate of drug-likeness (QED) is 0.707. The SMILES string of the molecule is COCCNCC(C)NCc1cc2c(s1)CCC2. The summed E-state index contributed by atoms with van der Waals surface area (Å²) in [6, 6.07) is 2.89. The molecule has 0 saturated carbocycles. The lowest BCUT2D eigenvalue weighted by Gasteiger charge is -2.13. The molecule has 1 aromatic rings. The number of hydrogen-bond donors (Lipinski definition) is 2. The first-order chi connectivity index (χ1) is 8.79. The van der Waals surface area contributed by atoms with E-state index >= 15 is 0 Å². The summed E-state index contributed by atoms with van der Waals surface area (Å²) in [6.45, 7) is 5.93. The van der Waals surface area contributed by atoms with Gasteiger partial charge in [-0.2, -0.15) is 0 Å². The fourth-order valence-corrected chi connectivity index (χ4v) is 3.53. The van der Waals surface area contributed by atoms with E-state index in [1.54, 1.807) is 17.6 Å². The van der Waals surface area contributed by atoms with Crippen LogP contribution >= 0.6 is 11.3 Å². The molecule has 102 valence electrons. The Morgan fingerprint density at radius 2 is 2.33 bits per heavy atom. The van der Waals surface area contributed by atoms with Gasteiger partial charge in [0.05, 0.1) is 6.61 Å². The normalized spacial score (nSPS) is 15.9. The molecule has 0 radical (unpaired) electrons. The van der Waals surface area contributed by atoms with Gasteiger partial charge < -0.3 is 15.4 Å². The Morgan fingerprint density at radius 3 is 3.11 bits per heavy atom. The zero-order valence-electron chi connectivity index (χ0n) is 11.4. The molecule has 0 spiro atoms. The first kappa shape index (κ1) is 14.0. The molecule has 0 aromatic carbocycles. The fourth-order valence-electron chi connectivity index (χ4n) is 2.32. The van der Waals surface area contributed by atoms with E-state index in [1.807, 2.05) is 11.3 Å². The van der Waals surface area contributed by atoms with Gasteiger partial charge in [0, 0.05) is 42.5 Å². The van der Waals surface area contributed by atoms with E-state index in [2.05, 4.69) is 23.6 Å². The second-order valence-corrected chi connectivity index (χ2v) is 6.21. The van der Waals surface area contributed by atoms with E-state index in [1.165, 1.54) is 24.1 Å². The van der Waals surface area contributed by atoms with Crippen LogP contribution in [0.25, 0.3) is 0 Å². The Bertz CT molecular complexity index is 343. The lowest BCUT2D eigenvalue weighted by Crippen LogP contribution is -2.36.